The normalized spacial score (nSPS) is 10.9. The molecule has 2 aromatic rings. The van der Waals surface area contributed by atoms with Crippen molar-refractivity contribution in [3.63, 3.8) is 0 Å². The zero-order valence-electron chi connectivity index (χ0n) is 10.8. The number of hydrogen-bond donors (Lipinski definition) is 2. The van der Waals surface area contributed by atoms with Crippen LogP contribution in [0.5, 0.6) is 5.75 Å². The van der Waals surface area contributed by atoms with Crippen LogP contribution in [0.25, 0.3) is 0 Å². The third-order valence-electron chi connectivity index (χ3n) is 2.60. The van der Waals surface area contributed by atoms with E-state index < -0.39 is 5.91 Å². The van der Waals surface area contributed by atoms with Gasteiger partial charge in [0.15, 0.2) is 0 Å². The lowest BCUT2D eigenvalue weighted by Crippen LogP contribution is -2.18. The number of benzene rings is 2. The van der Waals surface area contributed by atoms with Crippen molar-refractivity contribution in [2.45, 2.75) is 0 Å². The highest BCUT2D eigenvalue weighted by Crippen LogP contribution is 2.29. The summed E-state index contributed by atoms with van der Waals surface area (Å²) in [5.41, 5.74) is 2.92. The molecule has 0 saturated heterocycles. The quantitative estimate of drug-likeness (QED) is 0.388. The second-order valence-electron chi connectivity index (χ2n) is 4.15. The zero-order valence-corrected chi connectivity index (χ0v) is 15.2. The Balaban J connectivity index is 2.16. The molecule has 2 N–H and O–H groups in total. The molecule has 0 aliphatic heterocycles. The molecule has 0 atom stereocenters. The van der Waals surface area contributed by atoms with Gasteiger partial charge in [-0.25, -0.2) is 5.43 Å². The molecule has 114 valence electrons. The summed E-state index contributed by atoms with van der Waals surface area (Å²) >= 11 is 19.7. The summed E-state index contributed by atoms with van der Waals surface area (Å²) in [5, 5.41) is 14.3. The van der Waals surface area contributed by atoms with Crippen molar-refractivity contribution >= 4 is 69.5 Å². The van der Waals surface area contributed by atoms with Crippen LogP contribution in [-0.2, 0) is 0 Å². The van der Waals surface area contributed by atoms with E-state index in [2.05, 4.69) is 33.1 Å². The number of halogens is 4. The van der Waals surface area contributed by atoms with Crippen LogP contribution in [-0.4, -0.2) is 17.2 Å². The molecule has 2 rings (SSSR count). The van der Waals surface area contributed by atoms with Crippen molar-refractivity contribution < 1.29 is 9.90 Å². The van der Waals surface area contributed by atoms with Crippen molar-refractivity contribution in [3.8, 4) is 5.75 Å². The molecule has 0 fully saturated rings. The molecular formula is C14H8Cl3IN2O2. The van der Waals surface area contributed by atoms with Gasteiger partial charge in [-0.3, -0.25) is 4.79 Å². The monoisotopic (exact) mass is 468 g/mol. The van der Waals surface area contributed by atoms with Crippen molar-refractivity contribution in [2.75, 3.05) is 0 Å². The largest absolute Gasteiger partial charge is 0.506 e. The van der Waals surface area contributed by atoms with E-state index in [1.54, 1.807) is 18.2 Å². The predicted molar refractivity (Wildman–Crippen MR) is 97.4 cm³/mol. The lowest BCUT2D eigenvalue weighted by atomic mass is 10.2. The van der Waals surface area contributed by atoms with Crippen LogP contribution in [0.3, 0.4) is 0 Å². The van der Waals surface area contributed by atoms with Crippen LogP contribution in [0.1, 0.15) is 15.9 Å². The lowest BCUT2D eigenvalue weighted by molar-refractivity contribution is 0.0955. The summed E-state index contributed by atoms with van der Waals surface area (Å²) in [6.45, 7) is 0. The Kier molecular flexibility index (Phi) is 5.91. The van der Waals surface area contributed by atoms with E-state index in [4.69, 9.17) is 34.8 Å². The van der Waals surface area contributed by atoms with E-state index in [-0.39, 0.29) is 16.3 Å². The molecule has 0 spiro atoms. The van der Waals surface area contributed by atoms with Gasteiger partial charge in [0.25, 0.3) is 5.91 Å². The van der Waals surface area contributed by atoms with Crippen LogP contribution in [0.15, 0.2) is 35.4 Å². The van der Waals surface area contributed by atoms with E-state index in [0.29, 0.717) is 15.6 Å². The molecule has 8 heteroatoms. The van der Waals surface area contributed by atoms with Crippen molar-refractivity contribution in [3.05, 3.63) is 60.1 Å². The average molecular weight is 469 g/mol. The van der Waals surface area contributed by atoms with Gasteiger partial charge in [-0.15, -0.1) is 0 Å². The number of carbonyl (C=O) groups is 1. The maximum absolute atomic E-state index is 12.0. The molecule has 0 heterocycles. The van der Waals surface area contributed by atoms with Gasteiger partial charge in [-0.05, 0) is 52.9 Å². The van der Waals surface area contributed by atoms with Gasteiger partial charge in [0.2, 0.25) is 0 Å². The highest BCUT2D eigenvalue weighted by Gasteiger charge is 2.10. The first kappa shape index (κ1) is 17.3. The van der Waals surface area contributed by atoms with Crippen LogP contribution < -0.4 is 5.43 Å². The second-order valence-corrected chi connectivity index (χ2v) is 6.65. The minimum Gasteiger partial charge on any atom is -0.506 e. The van der Waals surface area contributed by atoms with E-state index in [1.807, 2.05) is 0 Å². The van der Waals surface area contributed by atoms with Crippen LogP contribution in [0, 0.1) is 3.57 Å². The Morgan fingerprint density at radius 2 is 1.91 bits per heavy atom. The molecule has 2 aromatic carbocycles. The van der Waals surface area contributed by atoms with Crippen LogP contribution >= 0.6 is 57.4 Å². The molecule has 4 nitrogen and oxygen atoms in total. The molecule has 0 aliphatic rings. The maximum atomic E-state index is 12.0. The molecule has 0 radical (unpaired) electrons. The fourth-order valence-electron chi connectivity index (χ4n) is 1.58. The number of phenolic OH excluding ortho intramolecular Hbond substituents is 1. The number of phenols is 1. The number of rotatable bonds is 3. The fourth-order valence-corrected chi connectivity index (χ4v) is 2.78. The van der Waals surface area contributed by atoms with Gasteiger partial charge < -0.3 is 5.11 Å². The number of nitrogens with zero attached hydrogens (tertiary/aromatic N) is 1. The number of aromatic hydroxyl groups is 1. The summed E-state index contributed by atoms with van der Waals surface area (Å²) in [5.74, 6) is -0.635. The van der Waals surface area contributed by atoms with Crippen LogP contribution in [0.4, 0.5) is 0 Å². The first-order valence-electron chi connectivity index (χ1n) is 5.85. The number of amides is 1. The topological polar surface area (TPSA) is 61.7 Å². The number of carbonyl (C=O) groups excluding carboxylic acids is 1. The molecular weight excluding hydrogens is 461 g/mol. The summed E-state index contributed by atoms with van der Waals surface area (Å²) < 4.78 is 0.871. The molecule has 0 bridgehead atoms. The predicted octanol–water partition coefficient (Wildman–Crippen LogP) is 4.72. The van der Waals surface area contributed by atoms with Gasteiger partial charge in [0.05, 0.1) is 21.8 Å². The smallest absolute Gasteiger partial charge is 0.272 e. The first-order valence-corrected chi connectivity index (χ1v) is 8.06. The fraction of sp³-hybridized carbons (Fsp3) is 0. The Morgan fingerprint density at radius 1 is 1.18 bits per heavy atom. The highest BCUT2D eigenvalue weighted by atomic mass is 127. The van der Waals surface area contributed by atoms with Crippen molar-refractivity contribution in [1.82, 2.24) is 5.43 Å². The van der Waals surface area contributed by atoms with Crippen LogP contribution in [0.2, 0.25) is 15.1 Å². The number of nitrogens with one attached hydrogen (secondary N) is 1. The minimum absolute atomic E-state index is 0.0981. The Bertz CT molecular complexity index is 766. The molecule has 0 saturated carbocycles. The Morgan fingerprint density at radius 3 is 2.64 bits per heavy atom. The summed E-state index contributed by atoms with van der Waals surface area (Å²) in [7, 11) is 0. The molecule has 22 heavy (non-hydrogen) atoms. The van der Waals surface area contributed by atoms with Gasteiger partial charge in [-0.1, -0.05) is 34.8 Å². The average Bonchev–Trinajstić information content (AvgIpc) is 2.46. The summed E-state index contributed by atoms with van der Waals surface area (Å²) in [6.07, 6.45) is 1.24. The van der Waals surface area contributed by atoms with Crippen molar-refractivity contribution in [2.24, 2.45) is 5.10 Å². The zero-order chi connectivity index (χ0) is 16.3. The SMILES string of the molecule is O=C(N/N=C/c1cc(Cl)cc(Cl)c1O)c1cc(I)ccc1Cl. The van der Waals surface area contributed by atoms with Gasteiger partial charge in [-0.2, -0.15) is 5.10 Å². The maximum Gasteiger partial charge on any atom is 0.272 e. The van der Waals surface area contributed by atoms with Crippen molar-refractivity contribution in [1.29, 1.82) is 0 Å². The molecule has 0 unspecified atom stereocenters. The summed E-state index contributed by atoms with van der Waals surface area (Å²) in [4.78, 5) is 12.0. The van der Waals surface area contributed by atoms with Gasteiger partial charge in [0, 0.05) is 14.2 Å². The third kappa shape index (κ3) is 4.25. The molecule has 1 amide bonds. The Hall–Kier alpha value is -1.02. The van der Waals surface area contributed by atoms with Gasteiger partial charge in [0.1, 0.15) is 5.75 Å². The van der Waals surface area contributed by atoms with E-state index in [9.17, 15) is 9.90 Å². The van der Waals surface area contributed by atoms with E-state index in [0.717, 1.165) is 3.57 Å². The highest BCUT2D eigenvalue weighted by molar-refractivity contribution is 14.1. The lowest BCUT2D eigenvalue weighted by Gasteiger charge is -2.04. The summed E-state index contributed by atoms with van der Waals surface area (Å²) in [6, 6.07) is 7.93. The first-order chi connectivity index (χ1) is 10.4. The molecule has 0 aliphatic carbocycles. The van der Waals surface area contributed by atoms with E-state index in [1.165, 1.54) is 18.3 Å². The number of hydrogen-bond acceptors (Lipinski definition) is 3. The van der Waals surface area contributed by atoms with Gasteiger partial charge >= 0.3 is 0 Å². The minimum atomic E-state index is -0.465. The van der Waals surface area contributed by atoms with E-state index >= 15 is 0 Å². The molecule has 0 aromatic heterocycles. The Labute approximate surface area is 155 Å². The second kappa shape index (κ2) is 7.50. The standard InChI is InChI=1S/C14H8Cl3IN2O2/c15-8-3-7(13(21)12(17)4-8)6-19-20-14(22)10-5-9(18)1-2-11(10)16/h1-6,21H,(H,20,22)/b19-6+. The number of hydrazone groups is 1. The third-order valence-corrected chi connectivity index (χ3v) is 4.11.